The van der Waals surface area contributed by atoms with E-state index in [1.54, 1.807) is 0 Å². The first kappa shape index (κ1) is 14.3. The van der Waals surface area contributed by atoms with Crippen LogP contribution in [0.15, 0.2) is 0 Å². The number of amides is 2. The van der Waals surface area contributed by atoms with Gasteiger partial charge in [-0.25, -0.2) is 0 Å². The minimum atomic E-state index is -0.528. The Morgan fingerprint density at radius 2 is 1.68 bits per heavy atom. The molecule has 1 saturated heterocycles. The van der Waals surface area contributed by atoms with Crippen molar-refractivity contribution in [3.63, 3.8) is 0 Å². The number of nitrogens with one attached hydrogen (secondary N) is 2. The lowest BCUT2D eigenvalue weighted by atomic mass is 10.1. The van der Waals surface area contributed by atoms with Gasteiger partial charge in [0.15, 0.2) is 0 Å². The summed E-state index contributed by atoms with van der Waals surface area (Å²) < 4.78 is 5.40. The van der Waals surface area contributed by atoms with E-state index in [0.717, 1.165) is 45.1 Å². The summed E-state index contributed by atoms with van der Waals surface area (Å²) in [5, 5.41) is 5.50. The van der Waals surface area contributed by atoms with Crippen LogP contribution in [0.3, 0.4) is 0 Å². The predicted molar refractivity (Wildman–Crippen MR) is 71.6 cm³/mol. The van der Waals surface area contributed by atoms with Gasteiger partial charge in [-0.05, 0) is 25.7 Å². The van der Waals surface area contributed by atoms with Crippen LogP contribution in [0.1, 0.15) is 51.4 Å². The lowest BCUT2D eigenvalue weighted by Crippen LogP contribution is -2.46. The number of hydrogen-bond acceptors (Lipinski definition) is 3. The molecule has 0 aromatic rings. The second-order valence-corrected chi connectivity index (χ2v) is 5.51. The largest absolute Gasteiger partial charge is 0.376 e. The summed E-state index contributed by atoms with van der Waals surface area (Å²) in [7, 11) is 0. The molecule has 1 aliphatic heterocycles. The minimum absolute atomic E-state index is 0.0784. The van der Waals surface area contributed by atoms with Crippen molar-refractivity contribution in [3.05, 3.63) is 0 Å². The number of rotatable bonds is 3. The van der Waals surface area contributed by atoms with Crippen LogP contribution in [0.4, 0.5) is 0 Å². The topological polar surface area (TPSA) is 67.4 Å². The molecule has 0 bridgehead atoms. The van der Waals surface area contributed by atoms with Crippen LogP contribution >= 0.6 is 0 Å². The maximum atomic E-state index is 11.8. The van der Waals surface area contributed by atoms with Gasteiger partial charge in [-0.1, -0.05) is 25.7 Å². The highest BCUT2D eigenvalue weighted by Gasteiger charge is 2.21. The molecule has 1 saturated carbocycles. The Morgan fingerprint density at radius 1 is 0.947 bits per heavy atom. The SMILES string of the molecule is O=C(NC[C@@H]1CCCO1)C(=O)NC1CCCCCC1. The predicted octanol–water partition coefficient (Wildman–Crippen LogP) is 1.12. The van der Waals surface area contributed by atoms with Crippen LogP contribution in [0, 0.1) is 0 Å². The normalized spacial score (nSPS) is 24.7. The summed E-state index contributed by atoms with van der Waals surface area (Å²) in [5.74, 6) is -1.02. The highest BCUT2D eigenvalue weighted by atomic mass is 16.5. The van der Waals surface area contributed by atoms with Crippen LogP contribution < -0.4 is 10.6 Å². The third-order valence-corrected chi connectivity index (χ3v) is 3.91. The van der Waals surface area contributed by atoms with E-state index in [1.807, 2.05) is 0 Å². The quantitative estimate of drug-likeness (QED) is 0.595. The zero-order chi connectivity index (χ0) is 13.5. The zero-order valence-electron chi connectivity index (χ0n) is 11.5. The number of ether oxygens (including phenoxy) is 1. The smallest absolute Gasteiger partial charge is 0.309 e. The molecule has 1 heterocycles. The van der Waals surface area contributed by atoms with Crippen molar-refractivity contribution >= 4 is 11.8 Å². The highest BCUT2D eigenvalue weighted by molar-refractivity contribution is 6.35. The van der Waals surface area contributed by atoms with Gasteiger partial charge in [-0.15, -0.1) is 0 Å². The second-order valence-electron chi connectivity index (χ2n) is 5.51. The van der Waals surface area contributed by atoms with Crippen molar-refractivity contribution in [2.24, 2.45) is 0 Å². The molecule has 2 amide bonds. The van der Waals surface area contributed by atoms with E-state index in [-0.39, 0.29) is 12.1 Å². The van der Waals surface area contributed by atoms with Gasteiger partial charge in [-0.2, -0.15) is 0 Å². The Hall–Kier alpha value is -1.10. The molecule has 5 heteroatoms. The average molecular weight is 268 g/mol. The summed E-state index contributed by atoms with van der Waals surface area (Å²) in [5.41, 5.74) is 0. The first-order chi connectivity index (χ1) is 9.25. The number of carbonyl (C=O) groups is 2. The van der Waals surface area contributed by atoms with E-state index >= 15 is 0 Å². The van der Waals surface area contributed by atoms with Crippen LogP contribution in [-0.4, -0.2) is 37.1 Å². The van der Waals surface area contributed by atoms with Gasteiger partial charge in [0, 0.05) is 19.2 Å². The first-order valence-electron chi connectivity index (χ1n) is 7.46. The molecule has 2 aliphatic rings. The fourth-order valence-electron chi connectivity index (χ4n) is 2.77. The van der Waals surface area contributed by atoms with Crippen molar-refractivity contribution in [1.82, 2.24) is 10.6 Å². The molecule has 0 aromatic heterocycles. The van der Waals surface area contributed by atoms with E-state index in [2.05, 4.69) is 10.6 Å². The molecule has 0 spiro atoms. The van der Waals surface area contributed by atoms with Crippen molar-refractivity contribution in [2.45, 2.75) is 63.5 Å². The van der Waals surface area contributed by atoms with Crippen molar-refractivity contribution in [2.75, 3.05) is 13.2 Å². The molecule has 5 nitrogen and oxygen atoms in total. The molecule has 1 atom stereocenters. The van der Waals surface area contributed by atoms with E-state index in [0.29, 0.717) is 6.54 Å². The van der Waals surface area contributed by atoms with Crippen LogP contribution in [0.2, 0.25) is 0 Å². The Labute approximate surface area is 114 Å². The van der Waals surface area contributed by atoms with Gasteiger partial charge in [0.25, 0.3) is 0 Å². The lowest BCUT2D eigenvalue weighted by Gasteiger charge is -2.16. The summed E-state index contributed by atoms with van der Waals surface area (Å²) in [4.78, 5) is 23.4. The Balaban J connectivity index is 1.67. The van der Waals surface area contributed by atoms with Crippen LogP contribution in [-0.2, 0) is 14.3 Å². The van der Waals surface area contributed by atoms with Crippen molar-refractivity contribution in [3.8, 4) is 0 Å². The molecule has 2 fully saturated rings. The molecular weight excluding hydrogens is 244 g/mol. The van der Waals surface area contributed by atoms with E-state index in [4.69, 9.17) is 4.74 Å². The fraction of sp³-hybridized carbons (Fsp3) is 0.857. The summed E-state index contributed by atoms with van der Waals surface area (Å²) in [6, 6.07) is 0.170. The van der Waals surface area contributed by atoms with Gasteiger partial charge >= 0.3 is 11.8 Å². The molecular formula is C14H24N2O3. The molecule has 2 N–H and O–H groups in total. The molecule has 19 heavy (non-hydrogen) atoms. The summed E-state index contributed by atoms with van der Waals surface area (Å²) >= 11 is 0. The molecule has 0 aromatic carbocycles. The van der Waals surface area contributed by atoms with Gasteiger partial charge in [0.1, 0.15) is 0 Å². The molecule has 2 rings (SSSR count). The average Bonchev–Trinajstić information content (AvgIpc) is 2.80. The zero-order valence-corrected chi connectivity index (χ0v) is 11.5. The van der Waals surface area contributed by atoms with E-state index < -0.39 is 11.8 Å². The monoisotopic (exact) mass is 268 g/mol. The Kier molecular flexibility index (Phi) is 5.63. The maximum absolute atomic E-state index is 11.8. The number of carbonyl (C=O) groups excluding carboxylic acids is 2. The van der Waals surface area contributed by atoms with Crippen LogP contribution in [0.5, 0.6) is 0 Å². The van der Waals surface area contributed by atoms with Crippen LogP contribution in [0.25, 0.3) is 0 Å². The summed E-state index contributed by atoms with van der Waals surface area (Å²) in [6.07, 6.45) is 8.81. The standard InChI is InChI=1S/C14H24N2O3/c17-13(15-10-12-8-5-9-19-12)14(18)16-11-6-3-1-2-4-7-11/h11-12H,1-10H2,(H,15,17)(H,16,18)/t12-/m0/s1. The van der Waals surface area contributed by atoms with Gasteiger partial charge < -0.3 is 15.4 Å². The fourth-order valence-corrected chi connectivity index (χ4v) is 2.77. The third kappa shape index (κ3) is 4.82. The second kappa shape index (κ2) is 7.48. The van der Waals surface area contributed by atoms with Gasteiger partial charge in [0.2, 0.25) is 0 Å². The Morgan fingerprint density at radius 3 is 2.32 bits per heavy atom. The van der Waals surface area contributed by atoms with Gasteiger partial charge in [-0.3, -0.25) is 9.59 Å². The first-order valence-corrected chi connectivity index (χ1v) is 7.46. The van der Waals surface area contributed by atoms with E-state index in [9.17, 15) is 9.59 Å². The molecule has 108 valence electrons. The Bertz CT molecular complexity index is 306. The minimum Gasteiger partial charge on any atom is -0.376 e. The summed E-state index contributed by atoms with van der Waals surface area (Å²) in [6.45, 7) is 1.20. The molecule has 0 unspecified atom stereocenters. The maximum Gasteiger partial charge on any atom is 0.309 e. The highest BCUT2D eigenvalue weighted by Crippen LogP contribution is 2.17. The van der Waals surface area contributed by atoms with Gasteiger partial charge in [0.05, 0.1) is 6.10 Å². The molecule has 0 radical (unpaired) electrons. The van der Waals surface area contributed by atoms with E-state index in [1.165, 1.54) is 12.8 Å². The third-order valence-electron chi connectivity index (χ3n) is 3.91. The van der Waals surface area contributed by atoms with Crippen molar-refractivity contribution < 1.29 is 14.3 Å². The number of hydrogen-bond donors (Lipinski definition) is 2. The van der Waals surface area contributed by atoms with Crippen molar-refractivity contribution in [1.29, 1.82) is 0 Å². The molecule has 1 aliphatic carbocycles. The lowest BCUT2D eigenvalue weighted by molar-refractivity contribution is -0.139.